The van der Waals surface area contributed by atoms with Gasteiger partial charge in [0.2, 0.25) is 0 Å². The van der Waals surface area contributed by atoms with Crippen LogP contribution in [0.25, 0.3) is 10.9 Å². The Balaban J connectivity index is 1.39. The summed E-state index contributed by atoms with van der Waals surface area (Å²) in [6.45, 7) is 4.94. The Labute approximate surface area is 240 Å². The van der Waals surface area contributed by atoms with Crippen LogP contribution in [0.3, 0.4) is 0 Å². The van der Waals surface area contributed by atoms with E-state index in [1.54, 1.807) is 11.3 Å². The summed E-state index contributed by atoms with van der Waals surface area (Å²) in [5.74, 6) is -0.0505. The lowest BCUT2D eigenvalue weighted by Crippen LogP contribution is -2.15. The SMILES string of the molecule is Cc1cccc(NC(=O)c2c(N=Cc3cn(Cc4ccccc4)c4ccccc34)sc3c2CCCCCC3)c1C. The number of carbonyl (C=O) groups is 1. The lowest BCUT2D eigenvalue weighted by atomic mass is 9.96. The molecule has 5 heteroatoms. The van der Waals surface area contributed by atoms with E-state index in [9.17, 15) is 4.79 Å². The molecule has 0 bridgehead atoms. The number of thiophene rings is 1. The van der Waals surface area contributed by atoms with E-state index >= 15 is 0 Å². The molecule has 5 aromatic rings. The summed E-state index contributed by atoms with van der Waals surface area (Å²) in [7, 11) is 0. The molecule has 4 nitrogen and oxygen atoms in total. The highest BCUT2D eigenvalue weighted by atomic mass is 32.1. The predicted molar refractivity (Wildman–Crippen MR) is 169 cm³/mol. The van der Waals surface area contributed by atoms with Crippen molar-refractivity contribution in [3.63, 3.8) is 0 Å². The molecule has 0 unspecified atom stereocenters. The number of fused-ring (bicyclic) bond motifs is 2. The summed E-state index contributed by atoms with van der Waals surface area (Å²) in [6.07, 6.45) is 10.8. The molecule has 0 saturated carbocycles. The van der Waals surface area contributed by atoms with Crippen molar-refractivity contribution in [1.82, 2.24) is 4.57 Å². The van der Waals surface area contributed by atoms with Gasteiger partial charge in [0.05, 0.1) is 5.56 Å². The molecule has 1 N–H and O–H groups in total. The standard InChI is InChI=1S/C35H35N3OS/c1-24-13-12-18-30(25(24)2)37-34(39)33-29-17-8-3-4-9-20-32(29)40-35(33)36-21-27-23-38(22-26-14-6-5-7-15-26)31-19-11-10-16-28(27)31/h5-7,10-16,18-19,21,23H,3-4,8-9,17,20,22H2,1-2H3,(H,37,39). The normalized spacial score (nSPS) is 13.8. The summed E-state index contributed by atoms with van der Waals surface area (Å²) in [6, 6.07) is 25.1. The van der Waals surface area contributed by atoms with Crippen LogP contribution in [0, 0.1) is 13.8 Å². The highest BCUT2D eigenvalue weighted by Crippen LogP contribution is 2.39. The van der Waals surface area contributed by atoms with Crippen LogP contribution in [-0.4, -0.2) is 16.7 Å². The monoisotopic (exact) mass is 545 g/mol. The lowest BCUT2D eigenvalue weighted by molar-refractivity contribution is 0.102. The van der Waals surface area contributed by atoms with Crippen molar-refractivity contribution in [2.24, 2.45) is 4.99 Å². The van der Waals surface area contributed by atoms with Crippen molar-refractivity contribution in [3.8, 4) is 0 Å². The Bertz CT molecular complexity index is 1690. The molecule has 0 atom stereocenters. The number of aliphatic imine (C=N–C) groups is 1. The molecule has 0 aliphatic heterocycles. The van der Waals surface area contributed by atoms with Gasteiger partial charge in [0.1, 0.15) is 5.00 Å². The number of carbonyl (C=O) groups excluding carboxylic acids is 1. The van der Waals surface area contributed by atoms with Gasteiger partial charge in [-0.25, -0.2) is 4.99 Å². The second-order valence-corrected chi connectivity index (χ2v) is 11.9. The van der Waals surface area contributed by atoms with Crippen LogP contribution in [0.5, 0.6) is 0 Å². The van der Waals surface area contributed by atoms with Gasteiger partial charge in [-0.1, -0.05) is 73.5 Å². The number of amides is 1. The Morgan fingerprint density at radius 1 is 0.925 bits per heavy atom. The maximum absolute atomic E-state index is 13.9. The van der Waals surface area contributed by atoms with Crippen LogP contribution in [0.2, 0.25) is 0 Å². The van der Waals surface area contributed by atoms with Gasteiger partial charge >= 0.3 is 0 Å². The minimum Gasteiger partial charge on any atom is -0.342 e. The number of hydrogen-bond donors (Lipinski definition) is 1. The average Bonchev–Trinajstić information content (AvgIpc) is 3.47. The van der Waals surface area contributed by atoms with Gasteiger partial charge in [0.25, 0.3) is 5.91 Å². The van der Waals surface area contributed by atoms with Gasteiger partial charge in [-0.05, 0) is 73.9 Å². The van der Waals surface area contributed by atoms with Gasteiger partial charge in [-0.3, -0.25) is 4.79 Å². The van der Waals surface area contributed by atoms with Crippen LogP contribution in [0.4, 0.5) is 10.7 Å². The van der Waals surface area contributed by atoms with Crippen LogP contribution in [0.15, 0.2) is 84.0 Å². The molecular weight excluding hydrogens is 510 g/mol. The zero-order chi connectivity index (χ0) is 27.5. The van der Waals surface area contributed by atoms with E-state index < -0.39 is 0 Å². The average molecular weight is 546 g/mol. The lowest BCUT2D eigenvalue weighted by Gasteiger charge is -2.13. The van der Waals surface area contributed by atoms with Gasteiger partial charge in [0.15, 0.2) is 0 Å². The molecule has 0 spiro atoms. The Kier molecular flexibility index (Phi) is 7.65. The van der Waals surface area contributed by atoms with Gasteiger partial charge in [-0.2, -0.15) is 0 Å². The molecule has 1 aliphatic rings. The number of anilines is 1. The first-order valence-electron chi connectivity index (χ1n) is 14.3. The van der Waals surface area contributed by atoms with Crippen molar-refractivity contribution < 1.29 is 4.79 Å². The maximum Gasteiger partial charge on any atom is 0.259 e. The predicted octanol–water partition coefficient (Wildman–Crippen LogP) is 9.03. The molecule has 0 saturated heterocycles. The number of aromatic nitrogens is 1. The number of nitrogens with zero attached hydrogens (tertiary/aromatic N) is 2. The van der Waals surface area contributed by atoms with Crippen LogP contribution in [0.1, 0.15) is 68.7 Å². The molecule has 1 amide bonds. The van der Waals surface area contributed by atoms with Crippen molar-refractivity contribution in [1.29, 1.82) is 0 Å². The van der Waals surface area contributed by atoms with Crippen LogP contribution in [-0.2, 0) is 19.4 Å². The van der Waals surface area contributed by atoms with Crippen LogP contribution < -0.4 is 5.32 Å². The first kappa shape index (κ1) is 26.3. The fourth-order valence-corrected chi connectivity index (χ4v) is 6.95. The number of nitrogens with one attached hydrogen (secondary N) is 1. The van der Waals surface area contributed by atoms with E-state index in [4.69, 9.17) is 4.99 Å². The van der Waals surface area contributed by atoms with E-state index in [-0.39, 0.29) is 5.91 Å². The smallest absolute Gasteiger partial charge is 0.259 e. The van der Waals surface area contributed by atoms with Crippen molar-refractivity contribution in [3.05, 3.63) is 117 Å². The molecule has 40 heavy (non-hydrogen) atoms. The fraction of sp³-hybridized carbons (Fsp3) is 0.257. The molecule has 6 rings (SSSR count). The number of para-hydroxylation sites is 1. The highest BCUT2D eigenvalue weighted by Gasteiger charge is 2.24. The zero-order valence-corrected chi connectivity index (χ0v) is 24.1. The Morgan fingerprint density at radius 2 is 1.70 bits per heavy atom. The summed E-state index contributed by atoms with van der Waals surface area (Å²) < 4.78 is 2.29. The first-order chi connectivity index (χ1) is 19.6. The largest absolute Gasteiger partial charge is 0.342 e. The summed E-state index contributed by atoms with van der Waals surface area (Å²) in [5.41, 5.74) is 8.60. The highest BCUT2D eigenvalue weighted by molar-refractivity contribution is 7.16. The zero-order valence-electron chi connectivity index (χ0n) is 23.2. The van der Waals surface area contributed by atoms with E-state index in [1.165, 1.54) is 51.7 Å². The summed E-state index contributed by atoms with van der Waals surface area (Å²) >= 11 is 1.70. The summed E-state index contributed by atoms with van der Waals surface area (Å²) in [5, 5.41) is 5.21. The molecule has 2 heterocycles. The molecule has 2 aromatic heterocycles. The van der Waals surface area contributed by atoms with Crippen molar-refractivity contribution in [2.75, 3.05) is 5.32 Å². The molecule has 0 radical (unpaired) electrons. The number of rotatable bonds is 6. The molecule has 1 aliphatic carbocycles. The summed E-state index contributed by atoms with van der Waals surface area (Å²) in [4.78, 5) is 20.2. The molecule has 3 aromatic carbocycles. The third kappa shape index (κ3) is 5.39. The Morgan fingerprint density at radius 3 is 2.55 bits per heavy atom. The maximum atomic E-state index is 13.9. The van der Waals surface area contributed by atoms with E-state index in [0.29, 0.717) is 0 Å². The van der Waals surface area contributed by atoms with Crippen molar-refractivity contribution >= 4 is 45.0 Å². The molecular formula is C35H35N3OS. The van der Waals surface area contributed by atoms with E-state index in [0.717, 1.165) is 53.2 Å². The van der Waals surface area contributed by atoms with E-state index in [2.05, 4.69) is 84.5 Å². The van der Waals surface area contributed by atoms with Gasteiger partial charge in [-0.15, -0.1) is 11.3 Å². The fourth-order valence-electron chi connectivity index (χ4n) is 5.72. The second kappa shape index (κ2) is 11.6. The van der Waals surface area contributed by atoms with Gasteiger partial charge in [0, 0.05) is 46.0 Å². The van der Waals surface area contributed by atoms with Crippen LogP contribution >= 0.6 is 11.3 Å². The molecule has 202 valence electrons. The quantitative estimate of drug-likeness (QED) is 0.213. The second-order valence-electron chi connectivity index (χ2n) is 10.8. The molecule has 0 fully saturated rings. The minimum absolute atomic E-state index is 0.0505. The van der Waals surface area contributed by atoms with E-state index in [1.807, 2.05) is 24.4 Å². The third-order valence-electron chi connectivity index (χ3n) is 8.07. The van der Waals surface area contributed by atoms with Gasteiger partial charge < -0.3 is 9.88 Å². The minimum atomic E-state index is -0.0505. The van der Waals surface area contributed by atoms with Crippen molar-refractivity contribution in [2.45, 2.75) is 58.9 Å². The topological polar surface area (TPSA) is 46.4 Å². The number of hydrogen-bond acceptors (Lipinski definition) is 3. The Hall–Kier alpha value is -3.96. The third-order valence-corrected chi connectivity index (χ3v) is 9.27. The number of benzene rings is 3. The first-order valence-corrected chi connectivity index (χ1v) is 15.1. The number of aryl methyl sites for hydroxylation is 2.